The summed E-state index contributed by atoms with van der Waals surface area (Å²) in [5, 5.41) is 3.22. The SMILES string of the molecule is CS(=O)(=O)NCCNc1ncnc(Cl)c1Br. The maximum absolute atomic E-state index is 10.8. The van der Waals surface area contributed by atoms with E-state index < -0.39 is 10.0 Å². The molecular weight excluding hydrogens is 320 g/mol. The second-order valence-corrected chi connectivity index (χ2v) is 5.90. The van der Waals surface area contributed by atoms with Crippen LogP contribution < -0.4 is 10.0 Å². The minimum atomic E-state index is -3.16. The van der Waals surface area contributed by atoms with Gasteiger partial charge in [-0.25, -0.2) is 23.1 Å². The zero-order valence-corrected chi connectivity index (χ0v) is 11.5. The number of sulfonamides is 1. The Morgan fingerprint density at radius 2 is 2.12 bits per heavy atom. The molecule has 0 fully saturated rings. The van der Waals surface area contributed by atoms with Crippen LogP contribution in [0.5, 0.6) is 0 Å². The number of rotatable bonds is 5. The van der Waals surface area contributed by atoms with Gasteiger partial charge in [-0.3, -0.25) is 0 Å². The van der Waals surface area contributed by atoms with Crippen molar-refractivity contribution in [1.29, 1.82) is 0 Å². The normalized spacial score (nSPS) is 11.4. The van der Waals surface area contributed by atoms with Gasteiger partial charge in [-0.1, -0.05) is 11.6 Å². The number of nitrogens with zero attached hydrogens (tertiary/aromatic N) is 2. The summed E-state index contributed by atoms with van der Waals surface area (Å²) in [5.74, 6) is 0.523. The smallest absolute Gasteiger partial charge is 0.208 e. The van der Waals surface area contributed by atoms with Crippen molar-refractivity contribution < 1.29 is 8.42 Å². The predicted octanol–water partition coefficient (Wildman–Crippen LogP) is 0.854. The third-order valence-electron chi connectivity index (χ3n) is 1.53. The van der Waals surface area contributed by atoms with Crippen LogP contribution in [0.1, 0.15) is 0 Å². The minimum absolute atomic E-state index is 0.271. The zero-order chi connectivity index (χ0) is 12.2. The second-order valence-electron chi connectivity index (χ2n) is 2.92. The van der Waals surface area contributed by atoms with Gasteiger partial charge in [0.2, 0.25) is 10.0 Å². The van der Waals surface area contributed by atoms with Crippen LogP contribution in [-0.2, 0) is 10.0 Å². The molecule has 1 aromatic rings. The summed E-state index contributed by atoms with van der Waals surface area (Å²) >= 11 is 8.96. The maximum atomic E-state index is 10.8. The first-order chi connectivity index (χ1) is 7.40. The molecule has 1 heterocycles. The summed E-state index contributed by atoms with van der Waals surface area (Å²) in [5.41, 5.74) is 0. The number of aromatic nitrogens is 2. The fourth-order valence-corrected chi connectivity index (χ4v) is 1.84. The Labute approximate surface area is 107 Å². The van der Waals surface area contributed by atoms with Gasteiger partial charge < -0.3 is 5.32 Å². The van der Waals surface area contributed by atoms with Crippen molar-refractivity contribution in [2.24, 2.45) is 0 Å². The largest absolute Gasteiger partial charge is 0.368 e. The molecule has 0 spiro atoms. The highest BCUT2D eigenvalue weighted by Gasteiger charge is 2.06. The molecule has 0 aliphatic rings. The fourth-order valence-electron chi connectivity index (χ4n) is 0.889. The van der Waals surface area contributed by atoms with E-state index >= 15 is 0 Å². The van der Waals surface area contributed by atoms with Crippen molar-refractivity contribution in [3.05, 3.63) is 16.0 Å². The van der Waals surface area contributed by atoms with E-state index in [-0.39, 0.29) is 6.54 Å². The molecule has 0 aliphatic carbocycles. The van der Waals surface area contributed by atoms with Crippen molar-refractivity contribution in [3.8, 4) is 0 Å². The first-order valence-electron chi connectivity index (χ1n) is 4.24. The van der Waals surface area contributed by atoms with Crippen LogP contribution >= 0.6 is 27.5 Å². The average molecular weight is 330 g/mol. The Bertz CT molecular complexity index is 467. The van der Waals surface area contributed by atoms with E-state index in [0.29, 0.717) is 22.0 Å². The highest BCUT2D eigenvalue weighted by molar-refractivity contribution is 9.10. The summed E-state index contributed by atoms with van der Waals surface area (Å²) in [6, 6.07) is 0. The van der Waals surface area contributed by atoms with Crippen LogP contribution in [0.25, 0.3) is 0 Å². The van der Waals surface area contributed by atoms with Crippen LogP contribution in [0.4, 0.5) is 5.82 Å². The maximum Gasteiger partial charge on any atom is 0.208 e. The van der Waals surface area contributed by atoms with Crippen molar-refractivity contribution in [2.75, 3.05) is 24.7 Å². The number of nitrogens with one attached hydrogen (secondary N) is 2. The minimum Gasteiger partial charge on any atom is -0.368 e. The molecule has 16 heavy (non-hydrogen) atoms. The molecule has 0 aromatic carbocycles. The number of halogens is 2. The molecule has 90 valence electrons. The van der Waals surface area contributed by atoms with E-state index in [4.69, 9.17) is 11.6 Å². The standard InChI is InChI=1S/C7H10BrClN4O2S/c1-16(14,15)13-3-2-10-7-5(8)6(9)11-4-12-7/h4,13H,2-3H2,1H3,(H,10,11,12). The molecule has 0 unspecified atom stereocenters. The first-order valence-corrected chi connectivity index (χ1v) is 7.31. The third kappa shape index (κ3) is 4.60. The van der Waals surface area contributed by atoms with Gasteiger partial charge in [0.1, 0.15) is 17.3 Å². The molecular formula is C7H10BrClN4O2S. The van der Waals surface area contributed by atoms with Crippen molar-refractivity contribution in [2.45, 2.75) is 0 Å². The van der Waals surface area contributed by atoms with E-state index in [1.54, 1.807) is 0 Å². The highest BCUT2D eigenvalue weighted by atomic mass is 79.9. The van der Waals surface area contributed by atoms with Gasteiger partial charge in [-0.15, -0.1) is 0 Å². The van der Waals surface area contributed by atoms with Crippen LogP contribution in [0.3, 0.4) is 0 Å². The second kappa shape index (κ2) is 5.76. The van der Waals surface area contributed by atoms with Gasteiger partial charge >= 0.3 is 0 Å². The first kappa shape index (κ1) is 13.6. The summed E-state index contributed by atoms with van der Waals surface area (Å²) in [6.45, 7) is 0.673. The highest BCUT2D eigenvalue weighted by Crippen LogP contribution is 2.25. The lowest BCUT2D eigenvalue weighted by molar-refractivity contribution is 0.589. The zero-order valence-electron chi connectivity index (χ0n) is 8.37. The monoisotopic (exact) mass is 328 g/mol. The summed E-state index contributed by atoms with van der Waals surface area (Å²) in [6.07, 6.45) is 2.42. The van der Waals surface area contributed by atoms with Crippen LogP contribution in [-0.4, -0.2) is 37.7 Å². The van der Waals surface area contributed by atoms with Gasteiger partial charge in [-0.2, -0.15) is 0 Å². The average Bonchev–Trinajstić information content (AvgIpc) is 2.17. The Balaban J connectivity index is 2.47. The molecule has 0 aliphatic heterocycles. The van der Waals surface area contributed by atoms with Gasteiger partial charge in [-0.05, 0) is 15.9 Å². The van der Waals surface area contributed by atoms with Crippen molar-refractivity contribution >= 4 is 43.4 Å². The van der Waals surface area contributed by atoms with E-state index in [2.05, 4.69) is 35.9 Å². The molecule has 1 aromatic heterocycles. The molecule has 2 N–H and O–H groups in total. The van der Waals surface area contributed by atoms with Gasteiger partial charge in [0, 0.05) is 13.1 Å². The lowest BCUT2D eigenvalue weighted by Crippen LogP contribution is -2.27. The fraction of sp³-hybridized carbons (Fsp3) is 0.429. The Morgan fingerprint density at radius 3 is 2.75 bits per heavy atom. The Morgan fingerprint density at radius 1 is 1.44 bits per heavy atom. The lowest BCUT2D eigenvalue weighted by Gasteiger charge is -2.07. The molecule has 0 amide bonds. The van der Waals surface area contributed by atoms with Crippen LogP contribution in [0.15, 0.2) is 10.8 Å². The summed E-state index contributed by atoms with van der Waals surface area (Å²) in [4.78, 5) is 7.71. The summed E-state index contributed by atoms with van der Waals surface area (Å²) < 4.78 is 24.4. The van der Waals surface area contributed by atoms with E-state index in [1.807, 2.05) is 0 Å². The van der Waals surface area contributed by atoms with E-state index in [0.717, 1.165) is 6.26 Å². The summed E-state index contributed by atoms with van der Waals surface area (Å²) in [7, 11) is -3.16. The molecule has 0 atom stereocenters. The predicted molar refractivity (Wildman–Crippen MR) is 66.1 cm³/mol. The molecule has 0 radical (unpaired) electrons. The van der Waals surface area contributed by atoms with Gasteiger partial charge in [0.25, 0.3) is 0 Å². The topological polar surface area (TPSA) is 84.0 Å². The van der Waals surface area contributed by atoms with Gasteiger partial charge in [0.05, 0.1) is 10.7 Å². The molecule has 1 rings (SSSR count). The Kier molecular flexibility index (Phi) is 4.90. The molecule has 0 saturated heterocycles. The quantitative estimate of drug-likeness (QED) is 0.618. The third-order valence-corrected chi connectivity index (χ3v) is 3.52. The lowest BCUT2D eigenvalue weighted by atomic mass is 10.5. The van der Waals surface area contributed by atoms with E-state index in [1.165, 1.54) is 6.33 Å². The van der Waals surface area contributed by atoms with Crippen molar-refractivity contribution in [3.63, 3.8) is 0 Å². The molecule has 0 bridgehead atoms. The molecule has 6 nitrogen and oxygen atoms in total. The van der Waals surface area contributed by atoms with Gasteiger partial charge in [0.15, 0.2) is 0 Å². The number of hydrogen-bond donors (Lipinski definition) is 2. The number of hydrogen-bond acceptors (Lipinski definition) is 5. The Hall–Kier alpha value is -0.440. The molecule has 9 heteroatoms. The molecule has 0 saturated carbocycles. The van der Waals surface area contributed by atoms with Crippen molar-refractivity contribution in [1.82, 2.24) is 14.7 Å². The van der Waals surface area contributed by atoms with E-state index in [9.17, 15) is 8.42 Å². The van der Waals surface area contributed by atoms with Crippen LogP contribution in [0.2, 0.25) is 5.15 Å². The number of anilines is 1. The van der Waals surface area contributed by atoms with Crippen LogP contribution in [0, 0.1) is 0 Å².